The summed E-state index contributed by atoms with van der Waals surface area (Å²) in [6, 6.07) is 15.6. The first-order chi connectivity index (χ1) is 14.8. The molecular formula is C23H18FNO5S. The summed E-state index contributed by atoms with van der Waals surface area (Å²) in [5.74, 6) is -0.699. The lowest BCUT2D eigenvalue weighted by atomic mass is 10.0. The summed E-state index contributed by atoms with van der Waals surface area (Å²) in [6.07, 6.45) is 0. The largest absolute Gasteiger partial charge is 0.492 e. The minimum absolute atomic E-state index is 0.0533. The van der Waals surface area contributed by atoms with Crippen molar-refractivity contribution < 1.29 is 27.1 Å². The molecule has 3 aromatic rings. The van der Waals surface area contributed by atoms with Crippen molar-refractivity contribution in [3.8, 4) is 5.75 Å². The number of benzene rings is 3. The minimum Gasteiger partial charge on any atom is -0.492 e. The Labute approximate surface area is 178 Å². The maximum absolute atomic E-state index is 13.0. The van der Waals surface area contributed by atoms with Gasteiger partial charge in [-0.1, -0.05) is 12.1 Å². The van der Waals surface area contributed by atoms with Crippen molar-refractivity contribution >= 4 is 21.5 Å². The predicted octanol–water partition coefficient (Wildman–Crippen LogP) is 3.35. The van der Waals surface area contributed by atoms with Gasteiger partial charge in [0.05, 0.1) is 16.3 Å². The fraction of sp³-hybridized carbons (Fsp3) is 0.130. The zero-order chi connectivity index (χ0) is 22.2. The average molecular weight is 439 g/mol. The van der Waals surface area contributed by atoms with Crippen LogP contribution in [0.5, 0.6) is 5.75 Å². The molecule has 3 aromatic carbocycles. The molecule has 4 rings (SSSR count). The Bertz CT molecular complexity index is 1290. The van der Waals surface area contributed by atoms with Gasteiger partial charge in [-0.15, -0.1) is 0 Å². The summed E-state index contributed by atoms with van der Waals surface area (Å²) in [4.78, 5) is 26.7. The van der Waals surface area contributed by atoms with Crippen LogP contribution in [0.2, 0.25) is 0 Å². The normalized spacial score (nSPS) is 13.8. The molecule has 158 valence electrons. The van der Waals surface area contributed by atoms with E-state index in [1.807, 2.05) is 0 Å². The molecule has 31 heavy (non-hydrogen) atoms. The first-order valence-electron chi connectivity index (χ1n) is 9.46. The van der Waals surface area contributed by atoms with Gasteiger partial charge in [0.15, 0.2) is 5.78 Å². The topological polar surface area (TPSA) is 80.8 Å². The number of carbonyl (C=O) groups excluding carboxylic acids is 2. The third-order valence-corrected chi connectivity index (χ3v) is 6.89. The van der Waals surface area contributed by atoms with Crippen LogP contribution in [0.4, 0.5) is 4.39 Å². The Balaban J connectivity index is 1.53. The van der Waals surface area contributed by atoms with Gasteiger partial charge in [0, 0.05) is 23.7 Å². The van der Waals surface area contributed by atoms with Gasteiger partial charge in [-0.2, -0.15) is 0 Å². The molecule has 1 aliphatic heterocycles. The van der Waals surface area contributed by atoms with Crippen LogP contribution in [0.25, 0.3) is 0 Å². The Morgan fingerprint density at radius 3 is 2.39 bits per heavy atom. The number of halogens is 1. The summed E-state index contributed by atoms with van der Waals surface area (Å²) in [5, 5.41) is 0. The van der Waals surface area contributed by atoms with Crippen molar-refractivity contribution in [2.24, 2.45) is 0 Å². The average Bonchev–Trinajstić information content (AvgIpc) is 2.78. The lowest BCUT2D eigenvalue weighted by Gasteiger charge is -2.21. The molecule has 0 saturated heterocycles. The minimum atomic E-state index is -3.92. The first kappa shape index (κ1) is 20.7. The number of sulfone groups is 1. The molecule has 0 saturated carbocycles. The van der Waals surface area contributed by atoms with E-state index in [1.165, 1.54) is 59.5 Å². The second-order valence-electron chi connectivity index (χ2n) is 7.07. The molecular weight excluding hydrogens is 421 g/mol. The van der Waals surface area contributed by atoms with E-state index in [1.54, 1.807) is 19.2 Å². The standard InChI is InChI=1S/C23H18FNO5S/c1-25(12-13-30-17-9-7-16(24)8-10-17)23(27)15-6-11-19-21(14-15)31(28,29)20-5-3-2-4-18(20)22(19)26/h2-11,14H,12-13H2,1H3. The molecule has 1 aliphatic rings. The van der Waals surface area contributed by atoms with Crippen molar-refractivity contribution in [3.63, 3.8) is 0 Å². The second-order valence-corrected chi connectivity index (χ2v) is 8.96. The van der Waals surface area contributed by atoms with E-state index < -0.39 is 15.7 Å². The highest BCUT2D eigenvalue weighted by Crippen LogP contribution is 2.34. The maximum Gasteiger partial charge on any atom is 0.253 e. The van der Waals surface area contributed by atoms with Crippen molar-refractivity contribution in [2.75, 3.05) is 20.2 Å². The quantitative estimate of drug-likeness (QED) is 0.476. The summed E-state index contributed by atoms with van der Waals surface area (Å²) in [7, 11) is -2.36. The molecule has 0 fully saturated rings. The van der Waals surface area contributed by atoms with Gasteiger partial charge in [-0.05, 0) is 54.6 Å². The highest BCUT2D eigenvalue weighted by atomic mass is 32.2. The third kappa shape index (κ3) is 3.82. The molecule has 0 atom stereocenters. The highest BCUT2D eigenvalue weighted by molar-refractivity contribution is 7.91. The summed E-state index contributed by atoms with van der Waals surface area (Å²) in [6.45, 7) is 0.394. The van der Waals surface area contributed by atoms with Crippen LogP contribution in [-0.4, -0.2) is 45.2 Å². The summed E-state index contributed by atoms with van der Waals surface area (Å²) in [5.41, 5.74) is 0.334. The summed E-state index contributed by atoms with van der Waals surface area (Å²) >= 11 is 0. The van der Waals surface area contributed by atoms with Gasteiger partial charge < -0.3 is 9.64 Å². The van der Waals surface area contributed by atoms with Crippen LogP contribution >= 0.6 is 0 Å². The molecule has 0 N–H and O–H groups in total. The van der Waals surface area contributed by atoms with Crippen LogP contribution in [0, 0.1) is 5.82 Å². The van der Waals surface area contributed by atoms with Crippen molar-refractivity contribution in [1.29, 1.82) is 0 Å². The van der Waals surface area contributed by atoms with E-state index in [9.17, 15) is 22.4 Å². The molecule has 0 bridgehead atoms. The number of amides is 1. The number of ether oxygens (including phenoxy) is 1. The van der Waals surface area contributed by atoms with Crippen molar-refractivity contribution in [1.82, 2.24) is 4.90 Å². The molecule has 1 heterocycles. The fourth-order valence-corrected chi connectivity index (χ4v) is 5.05. The van der Waals surface area contributed by atoms with E-state index in [0.717, 1.165) is 0 Å². The molecule has 0 aliphatic carbocycles. The lowest BCUT2D eigenvalue weighted by Crippen LogP contribution is -2.31. The molecule has 0 aromatic heterocycles. The molecule has 0 spiro atoms. The monoisotopic (exact) mass is 439 g/mol. The predicted molar refractivity (Wildman–Crippen MR) is 111 cm³/mol. The zero-order valence-electron chi connectivity index (χ0n) is 16.5. The number of likely N-dealkylation sites (N-methyl/N-ethyl adjacent to an activating group) is 1. The van der Waals surface area contributed by atoms with Crippen LogP contribution in [0.3, 0.4) is 0 Å². The SMILES string of the molecule is CN(CCOc1ccc(F)cc1)C(=O)c1ccc2c(c1)S(=O)(=O)c1ccccc1C2=O. The number of nitrogens with zero attached hydrogens (tertiary/aromatic N) is 1. The number of fused-ring (bicyclic) bond motifs is 2. The number of rotatable bonds is 5. The number of ketones is 1. The zero-order valence-corrected chi connectivity index (χ0v) is 17.4. The van der Waals surface area contributed by atoms with Crippen LogP contribution < -0.4 is 4.74 Å². The first-order valence-corrected chi connectivity index (χ1v) is 10.9. The third-order valence-electron chi connectivity index (χ3n) is 5.04. The Morgan fingerprint density at radius 1 is 0.968 bits per heavy atom. The molecule has 0 radical (unpaired) electrons. The van der Waals surface area contributed by atoms with Gasteiger partial charge >= 0.3 is 0 Å². The second kappa shape index (κ2) is 7.96. The van der Waals surface area contributed by atoms with Crippen molar-refractivity contribution in [3.05, 3.63) is 89.2 Å². The van der Waals surface area contributed by atoms with E-state index >= 15 is 0 Å². The van der Waals surface area contributed by atoms with Crippen LogP contribution in [0.15, 0.2) is 76.5 Å². The molecule has 8 heteroatoms. The molecule has 6 nitrogen and oxygen atoms in total. The number of hydrogen-bond donors (Lipinski definition) is 0. The van der Waals surface area contributed by atoms with Crippen LogP contribution in [0.1, 0.15) is 26.3 Å². The maximum atomic E-state index is 13.0. The van der Waals surface area contributed by atoms with E-state index in [4.69, 9.17) is 4.74 Å². The highest BCUT2D eigenvalue weighted by Gasteiger charge is 2.35. The molecule has 0 unspecified atom stereocenters. The van der Waals surface area contributed by atoms with Gasteiger partial charge in [0.25, 0.3) is 5.91 Å². The Hall–Kier alpha value is -3.52. The fourth-order valence-electron chi connectivity index (χ4n) is 3.37. The molecule has 1 amide bonds. The number of hydrogen-bond acceptors (Lipinski definition) is 5. The van der Waals surface area contributed by atoms with Crippen LogP contribution in [-0.2, 0) is 9.84 Å². The summed E-state index contributed by atoms with van der Waals surface area (Å²) < 4.78 is 44.5. The van der Waals surface area contributed by atoms with E-state index in [0.29, 0.717) is 5.75 Å². The van der Waals surface area contributed by atoms with E-state index in [2.05, 4.69) is 0 Å². The smallest absolute Gasteiger partial charge is 0.253 e. The van der Waals surface area contributed by atoms with Gasteiger partial charge in [-0.3, -0.25) is 9.59 Å². The van der Waals surface area contributed by atoms with Gasteiger partial charge in [-0.25, -0.2) is 12.8 Å². The van der Waals surface area contributed by atoms with E-state index in [-0.39, 0.29) is 51.2 Å². The lowest BCUT2D eigenvalue weighted by molar-refractivity contribution is 0.0773. The Kier molecular flexibility index (Phi) is 5.32. The number of carbonyl (C=O) groups is 2. The van der Waals surface area contributed by atoms with Gasteiger partial charge in [0.2, 0.25) is 9.84 Å². The van der Waals surface area contributed by atoms with Crippen molar-refractivity contribution in [2.45, 2.75) is 9.79 Å². The van der Waals surface area contributed by atoms with Gasteiger partial charge in [0.1, 0.15) is 18.2 Å². The Morgan fingerprint density at radius 2 is 1.65 bits per heavy atom.